The molecule has 6 nitrogen and oxygen atoms in total. The third-order valence-electron chi connectivity index (χ3n) is 5.03. The average Bonchev–Trinajstić information content (AvgIpc) is 2.78. The zero-order valence-electron chi connectivity index (χ0n) is 17.7. The molecule has 3 rings (SSSR count). The molecule has 1 heterocycles. The Bertz CT molecular complexity index is 710. The predicted molar refractivity (Wildman–Crippen MR) is 113 cm³/mol. The first kappa shape index (κ1) is 22.9. The van der Waals surface area contributed by atoms with Crippen LogP contribution >= 0.6 is 0 Å². The monoisotopic (exact) mass is 416 g/mol. The summed E-state index contributed by atoms with van der Waals surface area (Å²) >= 11 is 0. The summed E-state index contributed by atoms with van der Waals surface area (Å²) in [5.41, 5.74) is 2.07. The fraction of sp³-hybridized carbons (Fsp3) is 0.500. The second kappa shape index (κ2) is 12.2. The summed E-state index contributed by atoms with van der Waals surface area (Å²) in [4.78, 5) is 0. The molecule has 0 aromatic heterocycles. The maximum atomic E-state index is 10.7. The van der Waals surface area contributed by atoms with E-state index in [1.54, 1.807) is 7.11 Å². The van der Waals surface area contributed by atoms with E-state index in [0.717, 1.165) is 17.5 Å². The van der Waals surface area contributed by atoms with Crippen molar-refractivity contribution in [3.8, 4) is 0 Å². The third-order valence-corrected chi connectivity index (χ3v) is 5.03. The Morgan fingerprint density at radius 3 is 1.90 bits per heavy atom. The fourth-order valence-corrected chi connectivity index (χ4v) is 3.55. The summed E-state index contributed by atoms with van der Waals surface area (Å²) in [6, 6.07) is 19.8. The van der Waals surface area contributed by atoms with Gasteiger partial charge in [-0.1, -0.05) is 67.6 Å². The molecule has 1 saturated heterocycles. The van der Waals surface area contributed by atoms with Gasteiger partial charge in [0.1, 0.15) is 24.4 Å². The minimum absolute atomic E-state index is 0.286. The molecule has 2 aromatic carbocycles. The van der Waals surface area contributed by atoms with Crippen molar-refractivity contribution in [3.05, 3.63) is 71.8 Å². The predicted octanol–water partition coefficient (Wildman–Crippen LogP) is 3.32. The van der Waals surface area contributed by atoms with E-state index in [1.165, 1.54) is 0 Å². The van der Waals surface area contributed by atoms with Crippen LogP contribution in [0.2, 0.25) is 0 Å². The van der Waals surface area contributed by atoms with Crippen molar-refractivity contribution < 1.29 is 28.8 Å². The highest BCUT2D eigenvalue weighted by Gasteiger charge is 2.47. The molecule has 0 spiro atoms. The zero-order chi connectivity index (χ0) is 21.2. The minimum Gasteiger partial charge on any atom is -0.382 e. The van der Waals surface area contributed by atoms with Gasteiger partial charge in [-0.2, -0.15) is 0 Å². The van der Waals surface area contributed by atoms with Gasteiger partial charge in [-0.25, -0.2) is 0 Å². The van der Waals surface area contributed by atoms with Crippen LogP contribution in [0.15, 0.2) is 60.7 Å². The van der Waals surface area contributed by atoms with Gasteiger partial charge in [-0.15, -0.1) is 0 Å². The maximum absolute atomic E-state index is 10.7. The first-order chi connectivity index (χ1) is 14.7. The zero-order valence-corrected chi connectivity index (χ0v) is 17.7. The van der Waals surface area contributed by atoms with Crippen LogP contribution in [0.5, 0.6) is 0 Å². The molecule has 1 aliphatic rings. The molecule has 0 radical (unpaired) electrons. The number of hydrogen-bond donors (Lipinski definition) is 1. The lowest BCUT2D eigenvalue weighted by Gasteiger charge is -2.44. The molecule has 1 N–H and O–H groups in total. The van der Waals surface area contributed by atoms with E-state index in [1.807, 2.05) is 67.6 Å². The molecule has 5 atom stereocenters. The Balaban J connectivity index is 1.76. The molecule has 30 heavy (non-hydrogen) atoms. The van der Waals surface area contributed by atoms with Crippen LogP contribution in [-0.2, 0) is 36.9 Å². The second-order valence-electron chi connectivity index (χ2n) is 7.38. The summed E-state index contributed by atoms with van der Waals surface area (Å²) in [7, 11) is 1.60. The van der Waals surface area contributed by atoms with Crippen molar-refractivity contribution in [2.75, 3.05) is 20.3 Å². The van der Waals surface area contributed by atoms with Gasteiger partial charge in [0.15, 0.2) is 6.29 Å². The number of rotatable bonds is 11. The number of aliphatic hydroxyl groups excluding tert-OH is 1. The van der Waals surface area contributed by atoms with E-state index >= 15 is 0 Å². The van der Waals surface area contributed by atoms with Gasteiger partial charge in [0.25, 0.3) is 0 Å². The highest BCUT2D eigenvalue weighted by Crippen LogP contribution is 2.29. The number of methoxy groups -OCH3 is 1. The van der Waals surface area contributed by atoms with Crippen molar-refractivity contribution in [2.45, 2.75) is 57.3 Å². The molecule has 1 unspecified atom stereocenters. The van der Waals surface area contributed by atoms with Crippen LogP contribution in [0.25, 0.3) is 0 Å². The van der Waals surface area contributed by atoms with Gasteiger partial charge in [-0.3, -0.25) is 0 Å². The Morgan fingerprint density at radius 1 is 0.800 bits per heavy atom. The second-order valence-corrected chi connectivity index (χ2v) is 7.38. The van der Waals surface area contributed by atoms with E-state index in [2.05, 4.69) is 0 Å². The molecular formula is C24H32O6. The minimum atomic E-state index is -1.13. The maximum Gasteiger partial charge on any atom is 0.184 e. The SMILES string of the molecule is CCCO[C@H]1[C@H](OCc2ccccc2)[C@@H](COC)OC(O)[C@@H]1OCc1ccccc1. The molecule has 164 valence electrons. The molecule has 0 amide bonds. The van der Waals surface area contributed by atoms with E-state index in [4.69, 9.17) is 23.7 Å². The lowest BCUT2D eigenvalue weighted by atomic mass is 9.98. The lowest BCUT2D eigenvalue weighted by Crippen LogP contribution is -2.61. The Labute approximate surface area is 178 Å². The van der Waals surface area contributed by atoms with Crippen molar-refractivity contribution in [1.82, 2.24) is 0 Å². The lowest BCUT2D eigenvalue weighted by molar-refractivity contribution is -0.314. The van der Waals surface area contributed by atoms with Gasteiger partial charge in [0.2, 0.25) is 0 Å². The van der Waals surface area contributed by atoms with E-state index in [-0.39, 0.29) is 6.61 Å². The first-order valence-electron chi connectivity index (χ1n) is 10.5. The van der Waals surface area contributed by atoms with Crippen molar-refractivity contribution in [2.24, 2.45) is 0 Å². The normalized spacial score (nSPS) is 26.6. The molecular weight excluding hydrogens is 384 g/mol. The molecule has 0 bridgehead atoms. The standard InChI is InChI=1S/C24H32O6/c1-3-14-27-22-21(28-15-18-10-6-4-7-11-18)20(17-26-2)30-24(25)23(22)29-16-19-12-8-5-9-13-19/h4-13,20-25H,3,14-17H2,1-2H3/t20-,21-,22+,23-,24?/m1/s1. The van der Waals surface area contributed by atoms with Gasteiger partial charge in [0, 0.05) is 13.7 Å². The van der Waals surface area contributed by atoms with Gasteiger partial charge in [0.05, 0.1) is 19.8 Å². The van der Waals surface area contributed by atoms with Crippen LogP contribution in [0.3, 0.4) is 0 Å². The van der Waals surface area contributed by atoms with Crippen molar-refractivity contribution in [1.29, 1.82) is 0 Å². The Kier molecular flexibility index (Phi) is 9.27. The summed E-state index contributed by atoms with van der Waals surface area (Å²) in [5, 5.41) is 10.7. The quantitative estimate of drug-likeness (QED) is 0.606. The summed E-state index contributed by atoms with van der Waals surface area (Å²) in [5.74, 6) is 0. The fourth-order valence-electron chi connectivity index (χ4n) is 3.55. The summed E-state index contributed by atoms with van der Waals surface area (Å²) in [6.07, 6.45) is -2.36. The van der Waals surface area contributed by atoms with Crippen molar-refractivity contribution in [3.63, 3.8) is 0 Å². The van der Waals surface area contributed by atoms with Crippen LogP contribution in [-0.4, -0.2) is 56.1 Å². The summed E-state index contributed by atoms with van der Waals surface area (Å²) < 4.78 is 29.6. The van der Waals surface area contributed by atoms with Crippen LogP contribution in [0.1, 0.15) is 24.5 Å². The molecule has 6 heteroatoms. The van der Waals surface area contributed by atoms with Gasteiger partial charge in [-0.05, 0) is 17.5 Å². The molecule has 2 aromatic rings. The molecule has 1 fully saturated rings. The summed E-state index contributed by atoms with van der Waals surface area (Å²) in [6.45, 7) is 3.62. The largest absolute Gasteiger partial charge is 0.382 e. The number of aliphatic hydroxyl groups is 1. The first-order valence-corrected chi connectivity index (χ1v) is 10.5. The molecule has 0 aliphatic carbocycles. The van der Waals surface area contributed by atoms with E-state index < -0.39 is 30.7 Å². The van der Waals surface area contributed by atoms with Crippen LogP contribution in [0, 0.1) is 0 Å². The van der Waals surface area contributed by atoms with E-state index in [9.17, 15) is 5.11 Å². The Morgan fingerprint density at radius 2 is 1.37 bits per heavy atom. The number of ether oxygens (including phenoxy) is 5. The van der Waals surface area contributed by atoms with E-state index in [0.29, 0.717) is 19.8 Å². The van der Waals surface area contributed by atoms with Gasteiger partial charge >= 0.3 is 0 Å². The average molecular weight is 417 g/mol. The topological polar surface area (TPSA) is 66.4 Å². The third kappa shape index (κ3) is 6.35. The van der Waals surface area contributed by atoms with Crippen molar-refractivity contribution >= 4 is 0 Å². The highest BCUT2D eigenvalue weighted by atomic mass is 16.7. The number of benzene rings is 2. The smallest absolute Gasteiger partial charge is 0.184 e. The Hall–Kier alpha value is -1.80. The van der Waals surface area contributed by atoms with Gasteiger partial charge < -0.3 is 28.8 Å². The molecule has 0 saturated carbocycles. The van der Waals surface area contributed by atoms with Crippen LogP contribution in [0.4, 0.5) is 0 Å². The molecule has 1 aliphatic heterocycles. The number of hydrogen-bond acceptors (Lipinski definition) is 6. The van der Waals surface area contributed by atoms with Crippen LogP contribution < -0.4 is 0 Å². The highest BCUT2D eigenvalue weighted by molar-refractivity contribution is 5.14.